The molecule has 1 aromatic heterocycles. The molecule has 32 heavy (non-hydrogen) atoms. The number of benzene rings is 2. The maximum absolute atomic E-state index is 12.6. The highest BCUT2D eigenvalue weighted by Gasteiger charge is 2.23. The van der Waals surface area contributed by atoms with Gasteiger partial charge >= 0.3 is 5.97 Å². The van der Waals surface area contributed by atoms with Crippen LogP contribution in [-0.4, -0.2) is 35.0 Å². The number of esters is 1. The number of halogens is 2. The molecule has 9 heteroatoms. The van der Waals surface area contributed by atoms with Gasteiger partial charge in [0.15, 0.2) is 0 Å². The Labute approximate surface area is 195 Å². The molecule has 0 aliphatic heterocycles. The van der Waals surface area contributed by atoms with Crippen molar-refractivity contribution >= 4 is 41.2 Å². The van der Waals surface area contributed by atoms with Crippen LogP contribution in [-0.2, 0) is 9.53 Å². The third kappa shape index (κ3) is 6.29. The lowest BCUT2D eigenvalue weighted by atomic mass is 10.1. The lowest BCUT2D eigenvalue weighted by Gasteiger charge is -2.16. The van der Waals surface area contributed by atoms with Crippen LogP contribution in [0.1, 0.15) is 22.3 Å². The Balaban J connectivity index is 1.63. The van der Waals surface area contributed by atoms with Gasteiger partial charge in [-0.15, -0.1) is 0 Å². The van der Waals surface area contributed by atoms with Gasteiger partial charge in [-0.05, 0) is 36.2 Å². The minimum Gasteiger partial charge on any atom is -0.467 e. The number of aromatic nitrogens is 2. The van der Waals surface area contributed by atoms with E-state index >= 15 is 0 Å². The molecular weight excluding hydrogens is 453 g/mol. The number of amides is 1. The summed E-state index contributed by atoms with van der Waals surface area (Å²) in [5.41, 5.74) is 0.980. The molecule has 1 atom stereocenters. The maximum Gasteiger partial charge on any atom is 0.328 e. The van der Waals surface area contributed by atoms with Gasteiger partial charge in [0.25, 0.3) is 5.91 Å². The van der Waals surface area contributed by atoms with E-state index in [1.165, 1.54) is 13.3 Å². The molecule has 1 heterocycles. The van der Waals surface area contributed by atoms with Crippen LogP contribution >= 0.6 is 23.2 Å². The molecule has 1 N–H and O–H groups in total. The van der Waals surface area contributed by atoms with Crippen LogP contribution in [0.2, 0.25) is 10.0 Å². The Bertz CT molecular complexity index is 1090. The molecule has 0 radical (unpaired) electrons. The normalized spacial score (nSPS) is 11.7. The molecule has 0 saturated carbocycles. The van der Waals surface area contributed by atoms with Crippen molar-refractivity contribution in [1.29, 1.82) is 0 Å². The first-order valence-electron chi connectivity index (χ1n) is 9.51. The summed E-state index contributed by atoms with van der Waals surface area (Å²) in [5.74, 6) is -0.140. The van der Waals surface area contributed by atoms with Crippen LogP contribution in [0.25, 0.3) is 6.08 Å². The predicted molar refractivity (Wildman–Crippen MR) is 122 cm³/mol. The summed E-state index contributed by atoms with van der Waals surface area (Å²) in [6.45, 7) is 0. The van der Waals surface area contributed by atoms with Crippen molar-refractivity contribution in [2.75, 3.05) is 7.11 Å². The van der Waals surface area contributed by atoms with Gasteiger partial charge in [-0.1, -0.05) is 53.6 Å². The van der Waals surface area contributed by atoms with Crippen LogP contribution in [0.5, 0.6) is 11.6 Å². The van der Waals surface area contributed by atoms with E-state index in [1.54, 1.807) is 48.8 Å². The largest absolute Gasteiger partial charge is 0.467 e. The Kier molecular flexibility index (Phi) is 8.19. The van der Waals surface area contributed by atoms with E-state index in [-0.39, 0.29) is 22.0 Å². The van der Waals surface area contributed by atoms with Crippen LogP contribution < -0.4 is 10.1 Å². The Hall–Kier alpha value is -3.42. The molecule has 1 unspecified atom stereocenters. The molecule has 3 aromatic rings. The second kappa shape index (κ2) is 11.3. The zero-order valence-electron chi connectivity index (χ0n) is 17.0. The number of nitrogens with one attached hydrogen (secondary N) is 1. The summed E-state index contributed by atoms with van der Waals surface area (Å²) in [7, 11) is 1.25. The maximum atomic E-state index is 12.6. The molecule has 7 nitrogen and oxygen atoms in total. The molecule has 164 valence electrons. The van der Waals surface area contributed by atoms with Crippen molar-refractivity contribution in [2.24, 2.45) is 0 Å². The van der Waals surface area contributed by atoms with Crippen molar-refractivity contribution in [3.8, 4) is 11.6 Å². The van der Waals surface area contributed by atoms with Crippen LogP contribution in [0.3, 0.4) is 0 Å². The lowest BCUT2D eigenvalue weighted by Crippen LogP contribution is -2.41. The summed E-state index contributed by atoms with van der Waals surface area (Å²) in [6.07, 6.45) is 8.41. The fourth-order valence-corrected chi connectivity index (χ4v) is 3.32. The van der Waals surface area contributed by atoms with Gasteiger partial charge in [-0.3, -0.25) is 9.78 Å². The first kappa shape index (κ1) is 23.2. The highest BCUT2D eigenvalue weighted by Crippen LogP contribution is 2.24. The summed E-state index contributed by atoms with van der Waals surface area (Å²) in [4.78, 5) is 32.7. The topological polar surface area (TPSA) is 90.4 Å². The summed E-state index contributed by atoms with van der Waals surface area (Å²) in [6, 6.07) is 11.1. The molecule has 0 bridgehead atoms. The number of hydrogen-bond acceptors (Lipinski definition) is 6. The Morgan fingerprint density at radius 1 is 1.09 bits per heavy atom. The standard InChI is InChI=1S/C23H19Cl2N3O4/c1-31-23(30)19(28-22(29)21-17(24)5-3-6-18(21)25)7-2-4-15-8-10-16(11-9-15)32-20-14-26-12-13-27-20/h2-6,8-14,19H,7H2,1H3,(H,28,29)/b4-2+. The first-order chi connectivity index (χ1) is 15.5. The molecule has 0 fully saturated rings. The SMILES string of the molecule is COC(=O)C(C/C=C/c1ccc(Oc2cnccn2)cc1)NC(=O)c1c(Cl)cccc1Cl. The van der Waals surface area contributed by atoms with E-state index < -0.39 is 17.9 Å². The summed E-state index contributed by atoms with van der Waals surface area (Å²) in [5, 5.41) is 3.01. The monoisotopic (exact) mass is 471 g/mol. The number of ether oxygens (including phenoxy) is 2. The van der Waals surface area contributed by atoms with Crippen molar-refractivity contribution in [3.63, 3.8) is 0 Å². The average molecular weight is 472 g/mol. The van der Waals surface area contributed by atoms with E-state index in [1.807, 2.05) is 18.2 Å². The van der Waals surface area contributed by atoms with Gasteiger partial charge < -0.3 is 14.8 Å². The number of rotatable bonds is 8. The fourth-order valence-electron chi connectivity index (χ4n) is 2.75. The minimum absolute atomic E-state index is 0.104. The second-order valence-electron chi connectivity index (χ2n) is 6.50. The minimum atomic E-state index is -0.907. The molecule has 3 rings (SSSR count). The van der Waals surface area contributed by atoms with E-state index in [2.05, 4.69) is 15.3 Å². The lowest BCUT2D eigenvalue weighted by molar-refractivity contribution is -0.142. The quantitative estimate of drug-likeness (QED) is 0.467. The van der Waals surface area contributed by atoms with Gasteiger partial charge in [0.1, 0.15) is 11.8 Å². The molecule has 0 spiro atoms. The fraction of sp³-hybridized carbons (Fsp3) is 0.130. The Morgan fingerprint density at radius 3 is 2.44 bits per heavy atom. The Morgan fingerprint density at radius 2 is 1.81 bits per heavy atom. The zero-order valence-corrected chi connectivity index (χ0v) is 18.5. The number of nitrogens with zero attached hydrogens (tertiary/aromatic N) is 2. The number of hydrogen-bond donors (Lipinski definition) is 1. The van der Waals surface area contributed by atoms with Gasteiger partial charge in [-0.2, -0.15) is 0 Å². The van der Waals surface area contributed by atoms with Crippen molar-refractivity contribution in [2.45, 2.75) is 12.5 Å². The molecular formula is C23H19Cl2N3O4. The van der Waals surface area contributed by atoms with E-state index in [9.17, 15) is 9.59 Å². The smallest absolute Gasteiger partial charge is 0.328 e. The third-order valence-corrected chi connectivity index (χ3v) is 4.93. The van der Waals surface area contributed by atoms with E-state index in [4.69, 9.17) is 32.7 Å². The molecule has 0 aliphatic carbocycles. The van der Waals surface area contributed by atoms with Crippen molar-refractivity contribution < 1.29 is 19.1 Å². The van der Waals surface area contributed by atoms with Gasteiger partial charge in [0, 0.05) is 12.4 Å². The molecule has 0 saturated heterocycles. The second-order valence-corrected chi connectivity index (χ2v) is 7.31. The zero-order chi connectivity index (χ0) is 22.9. The van der Waals surface area contributed by atoms with Crippen molar-refractivity contribution in [1.82, 2.24) is 15.3 Å². The van der Waals surface area contributed by atoms with Gasteiger partial charge in [-0.25, -0.2) is 9.78 Å². The van der Waals surface area contributed by atoms with E-state index in [0.717, 1.165) is 5.56 Å². The summed E-state index contributed by atoms with van der Waals surface area (Å²) >= 11 is 12.2. The molecule has 2 aromatic carbocycles. The molecule has 0 aliphatic rings. The first-order valence-corrected chi connectivity index (χ1v) is 10.3. The van der Waals surface area contributed by atoms with Gasteiger partial charge in [0.2, 0.25) is 5.88 Å². The highest BCUT2D eigenvalue weighted by atomic mass is 35.5. The van der Waals surface area contributed by atoms with E-state index in [0.29, 0.717) is 11.6 Å². The summed E-state index contributed by atoms with van der Waals surface area (Å²) < 4.78 is 10.4. The number of methoxy groups -OCH3 is 1. The van der Waals surface area contributed by atoms with Crippen LogP contribution in [0, 0.1) is 0 Å². The highest BCUT2D eigenvalue weighted by molar-refractivity contribution is 6.39. The van der Waals surface area contributed by atoms with Crippen molar-refractivity contribution in [3.05, 3.63) is 88.3 Å². The predicted octanol–water partition coefficient (Wildman–Crippen LogP) is 4.95. The number of carbonyl (C=O) groups excluding carboxylic acids is 2. The van der Waals surface area contributed by atoms with Crippen LogP contribution in [0.15, 0.2) is 67.1 Å². The van der Waals surface area contributed by atoms with Gasteiger partial charge in [0.05, 0.1) is 28.9 Å². The van der Waals surface area contributed by atoms with Crippen LogP contribution in [0.4, 0.5) is 0 Å². The average Bonchev–Trinajstić information content (AvgIpc) is 2.79. The number of carbonyl (C=O) groups is 2. The molecule has 1 amide bonds. The third-order valence-electron chi connectivity index (χ3n) is 4.30.